The summed E-state index contributed by atoms with van der Waals surface area (Å²) in [6.07, 6.45) is 4.14. The van der Waals surface area contributed by atoms with E-state index in [2.05, 4.69) is 40.8 Å². The second-order valence-corrected chi connectivity index (χ2v) is 16.2. The summed E-state index contributed by atoms with van der Waals surface area (Å²) in [7, 11) is 6.49. The molecule has 0 saturated carbocycles. The fourth-order valence-corrected chi connectivity index (χ4v) is 13.0. The monoisotopic (exact) mass is 506 g/mol. The van der Waals surface area contributed by atoms with Crippen molar-refractivity contribution in [2.75, 3.05) is 37.9 Å². The predicted octanol–water partition coefficient (Wildman–Crippen LogP) is 5.11. The molecule has 0 atom stereocenters. The van der Waals surface area contributed by atoms with Crippen molar-refractivity contribution < 1.29 is 18.9 Å². The van der Waals surface area contributed by atoms with Gasteiger partial charge in [0, 0.05) is 26.4 Å². The Bertz CT molecular complexity index is 310. The maximum absolute atomic E-state index is 6.15. The zero-order valence-electron chi connectivity index (χ0n) is 18.8. The van der Waals surface area contributed by atoms with Crippen LogP contribution in [0, 0.1) is 0 Å². The molecule has 0 aliphatic carbocycles. The zero-order valence-corrected chi connectivity index (χ0v) is 24.8. The third kappa shape index (κ3) is 13.2. The highest BCUT2D eigenvalue weighted by Crippen LogP contribution is 2.45. The van der Waals surface area contributed by atoms with Crippen LogP contribution < -0.4 is 0 Å². The Labute approximate surface area is 193 Å². The van der Waals surface area contributed by atoms with Crippen LogP contribution in [-0.2, 0) is 18.9 Å². The molecule has 0 fully saturated rings. The molecule has 0 aliphatic rings. The van der Waals surface area contributed by atoms with Crippen molar-refractivity contribution in [3.8, 4) is 0 Å². The second kappa shape index (κ2) is 19.4. The summed E-state index contributed by atoms with van der Waals surface area (Å²) in [6.45, 7) is 16.3. The van der Waals surface area contributed by atoms with Crippen LogP contribution in [-0.4, -0.2) is 67.8 Å². The Morgan fingerprint density at radius 2 is 0.857 bits per heavy atom. The molecule has 0 rings (SSSR count). The molecule has 28 heavy (non-hydrogen) atoms. The van der Waals surface area contributed by atoms with Crippen LogP contribution >= 0.6 is 41.2 Å². The van der Waals surface area contributed by atoms with E-state index in [9.17, 15) is 0 Å². The van der Waals surface area contributed by atoms with E-state index in [1.807, 2.05) is 41.2 Å². The van der Waals surface area contributed by atoms with Gasteiger partial charge in [-0.1, -0.05) is 62.4 Å². The van der Waals surface area contributed by atoms with E-state index in [1.165, 1.54) is 0 Å². The number of rotatable bonds is 21. The Hall–Kier alpha value is 1.67. The van der Waals surface area contributed by atoms with Crippen molar-refractivity contribution in [2.24, 2.45) is 0 Å². The summed E-state index contributed by atoms with van der Waals surface area (Å²) in [6, 6.07) is 0. The molecular weight excluding hydrogens is 465 g/mol. The Balaban J connectivity index is 4.39. The highest BCUT2D eigenvalue weighted by atomic mass is 33.7. The van der Waals surface area contributed by atoms with Gasteiger partial charge in [-0.25, -0.2) is 0 Å². The number of ether oxygens (including phenoxy) is 4. The smallest absolute Gasteiger partial charge is 0.154 e. The van der Waals surface area contributed by atoms with Crippen molar-refractivity contribution in [2.45, 2.75) is 77.3 Å². The average Bonchev–Trinajstić information content (AvgIpc) is 2.73. The van der Waals surface area contributed by atoms with Crippen LogP contribution in [0.3, 0.4) is 0 Å². The van der Waals surface area contributed by atoms with E-state index in [1.54, 1.807) is 0 Å². The number of hydrogen-bond acceptors (Lipinski definition) is 8. The molecule has 0 amide bonds. The standard InChI is InChI=1S/C18H42O4S4Si2/c1-7-11-19-17(27-5,20-12-8-2)15-23-25-26-24-16-18(28-6,21-13-9-3)22-14-10-4/h7-16,27-28H2,1-6H3. The van der Waals surface area contributed by atoms with Gasteiger partial charge in [0.2, 0.25) is 0 Å². The SMILES string of the molecule is CCCOC(CSSSSCC(OCCC)(OCCC)[SiH2]C)(OCCC)[SiH2]C. The van der Waals surface area contributed by atoms with Gasteiger partial charge in [-0.3, -0.25) is 0 Å². The molecule has 0 N–H and O–H groups in total. The lowest BCUT2D eigenvalue weighted by molar-refractivity contribution is -0.165. The fourth-order valence-electron chi connectivity index (χ4n) is 2.28. The summed E-state index contributed by atoms with van der Waals surface area (Å²) >= 11 is 0. The Kier molecular flexibility index (Phi) is 20.5. The summed E-state index contributed by atoms with van der Waals surface area (Å²) in [5.41, 5.74) is -0.632. The van der Waals surface area contributed by atoms with Gasteiger partial charge in [0.1, 0.15) is 0 Å². The maximum atomic E-state index is 6.15. The highest BCUT2D eigenvalue weighted by molar-refractivity contribution is 9.26. The summed E-state index contributed by atoms with van der Waals surface area (Å²) in [4.78, 5) is 0. The molecule has 0 unspecified atom stereocenters. The van der Waals surface area contributed by atoms with E-state index >= 15 is 0 Å². The third-order valence-corrected chi connectivity index (χ3v) is 14.8. The Morgan fingerprint density at radius 1 is 0.571 bits per heavy atom. The van der Waals surface area contributed by atoms with E-state index in [0.29, 0.717) is 0 Å². The summed E-state index contributed by atoms with van der Waals surface area (Å²) < 4.78 is 24.6. The predicted molar refractivity (Wildman–Crippen MR) is 139 cm³/mol. The zero-order chi connectivity index (χ0) is 21.1. The van der Waals surface area contributed by atoms with Crippen LogP contribution in [0.5, 0.6) is 0 Å². The van der Waals surface area contributed by atoms with E-state index in [0.717, 1.165) is 63.6 Å². The van der Waals surface area contributed by atoms with Crippen LogP contribution in [0.25, 0.3) is 0 Å². The molecule has 10 heteroatoms. The van der Waals surface area contributed by atoms with Crippen molar-refractivity contribution >= 4 is 60.3 Å². The third-order valence-electron chi connectivity index (χ3n) is 4.04. The molecule has 0 bridgehead atoms. The second-order valence-electron chi connectivity index (χ2n) is 6.58. The summed E-state index contributed by atoms with van der Waals surface area (Å²) in [5.74, 6) is 1.81. The van der Waals surface area contributed by atoms with Crippen molar-refractivity contribution in [3.05, 3.63) is 0 Å². The van der Waals surface area contributed by atoms with Gasteiger partial charge in [0.25, 0.3) is 0 Å². The molecule has 170 valence electrons. The lowest BCUT2D eigenvalue weighted by Gasteiger charge is -2.33. The molecule has 0 radical (unpaired) electrons. The molecule has 0 spiro atoms. The van der Waals surface area contributed by atoms with Crippen molar-refractivity contribution in [1.29, 1.82) is 0 Å². The van der Waals surface area contributed by atoms with Crippen LogP contribution in [0.15, 0.2) is 0 Å². The molecule has 0 aromatic heterocycles. The lowest BCUT2D eigenvalue weighted by Crippen LogP contribution is -2.44. The van der Waals surface area contributed by atoms with Crippen LogP contribution in [0.1, 0.15) is 53.4 Å². The molecule has 4 nitrogen and oxygen atoms in total. The molecular formula is C18H42O4S4Si2. The molecule has 0 heterocycles. The minimum absolute atomic E-state index is 0.316. The molecule has 0 aliphatic heterocycles. The van der Waals surface area contributed by atoms with Gasteiger partial charge in [0.15, 0.2) is 10.8 Å². The molecule has 0 saturated heterocycles. The first-order valence-corrected chi connectivity index (χ1v) is 20.1. The van der Waals surface area contributed by atoms with Gasteiger partial charge in [-0.15, -0.1) is 0 Å². The van der Waals surface area contributed by atoms with E-state index in [-0.39, 0.29) is 10.8 Å². The van der Waals surface area contributed by atoms with Crippen LogP contribution in [0.4, 0.5) is 0 Å². The first-order chi connectivity index (χ1) is 13.6. The molecule has 0 aromatic carbocycles. The minimum atomic E-state index is -0.434. The Morgan fingerprint density at radius 3 is 1.07 bits per heavy atom. The summed E-state index contributed by atoms with van der Waals surface area (Å²) in [5, 5.41) is 0. The highest BCUT2D eigenvalue weighted by Gasteiger charge is 2.31. The van der Waals surface area contributed by atoms with Gasteiger partial charge < -0.3 is 18.9 Å². The first kappa shape index (κ1) is 29.7. The van der Waals surface area contributed by atoms with Crippen LogP contribution in [0.2, 0.25) is 13.1 Å². The normalized spacial score (nSPS) is 13.5. The largest absolute Gasteiger partial charge is 0.354 e. The van der Waals surface area contributed by atoms with Crippen molar-refractivity contribution in [3.63, 3.8) is 0 Å². The van der Waals surface area contributed by atoms with Gasteiger partial charge in [-0.05, 0) is 45.3 Å². The van der Waals surface area contributed by atoms with Gasteiger partial charge >= 0.3 is 0 Å². The first-order valence-electron chi connectivity index (χ1n) is 10.7. The number of hydrogen-bond donors (Lipinski definition) is 0. The van der Waals surface area contributed by atoms with E-state index in [4.69, 9.17) is 18.9 Å². The van der Waals surface area contributed by atoms with Crippen molar-refractivity contribution in [1.82, 2.24) is 0 Å². The minimum Gasteiger partial charge on any atom is -0.354 e. The lowest BCUT2D eigenvalue weighted by atomic mass is 10.5. The average molecular weight is 507 g/mol. The topological polar surface area (TPSA) is 36.9 Å². The molecule has 0 aromatic rings. The quantitative estimate of drug-likeness (QED) is 0.0920. The van der Waals surface area contributed by atoms with Gasteiger partial charge in [-0.2, -0.15) is 0 Å². The van der Waals surface area contributed by atoms with Gasteiger partial charge in [0.05, 0.1) is 30.5 Å². The fraction of sp³-hybridized carbons (Fsp3) is 1.00. The maximum Gasteiger partial charge on any atom is 0.154 e. The van der Waals surface area contributed by atoms with E-state index < -0.39 is 19.0 Å².